The van der Waals surface area contributed by atoms with Crippen LogP contribution >= 0.6 is 11.6 Å². The van der Waals surface area contributed by atoms with Crippen LogP contribution in [0.1, 0.15) is 79.6 Å². The number of hydrogen-bond acceptors (Lipinski definition) is 0. The molecule has 146 valence electrons. The Morgan fingerprint density at radius 3 is 2.46 bits per heavy atom. The van der Waals surface area contributed by atoms with Gasteiger partial charge in [-0.25, -0.2) is 0 Å². The van der Waals surface area contributed by atoms with E-state index in [4.69, 9.17) is 11.6 Å². The normalized spacial score (nSPS) is 43.8. The van der Waals surface area contributed by atoms with E-state index in [2.05, 4.69) is 52.8 Å². The Hall–Kier alpha value is -0.490. The topological polar surface area (TPSA) is 0 Å². The van der Waals surface area contributed by atoms with E-state index < -0.39 is 0 Å². The molecule has 0 amide bonds. The zero-order valence-corrected chi connectivity index (χ0v) is 18.4. The molecule has 0 aromatic carbocycles. The van der Waals surface area contributed by atoms with Crippen LogP contribution in [0.5, 0.6) is 0 Å². The van der Waals surface area contributed by atoms with E-state index in [-0.39, 0.29) is 0 Å². The van der Waals surface area contributed by atoms with Crippen molar-refractivity contribution in [3.8, 4) is 0 Å². The molecule has 0 heterocycles. The summed E-state index contributed by atoms with van der Waals surface area (Å²) in [6, 6.07) is 0. The SMILES string of the molecule is CC=C1C(C)CC(=C/C=C2\CCCC3(C)C(C(C)CCl)CC[C@@H]23)C[C@H]1C. The first-order chi connectivity index (χ1) is 12.4. The predicted molar refractivity (Wildman–Crippen MR) is 116 cm³/mol. The number of hydrogen-bond donors (Lipinski definition) is 0. The molecule has 3 rings (SSSR count). The van der Waals surface area contributed by atoms with Gasteiger partial charge in [0.25, 0.3) is 0 Å². The van der Waals surface area contributed by atoms with Crippen molar-refractivity contribution in [3.63, 3.8) is 0 Å². The maximum absolute atomic E-state index is 6.25. The number of halogens is 1. The molecular formula is C25H39Cl. The summed E-state index contributed by atoms with van der Waals surface area (Å²) in [5.74, 6) is 4.51. The highest BCUT2D eigenvalue weighted by molar-refractivity contribution is 6.18. The van der Waals surface area contributed by atoms with Crippen molar-refractivity contribution in [2.45, 2.75) is 79.6 Å². The van der Waals surface area contributed by atoms with Crippen LogP contribution in [0.4, 0.5) is 0 Å². The van der Waals surface area contributed by atoms with Crippen LogP contribution in [0.2, 0.25) is 0 Å². The van der Waals surface area contributed by atoms with Crippen LogP contribution in [0, 0.1) is 35.0 Å². The lowest BCUT2D eigenvalue weighted by atomic mass is 9.61. The second-order valence-corrected chi connectivity index (χ2v) is 10.1. The minimum atomic E-state index is 0.488. The molecule has 6 atom stereocenters. The summed E-state index contributed by atoms with van der Waals surface area (Å²) in [5.41, 5.74) is 5.56. The smallest absolute Gasteiger partial charge is 0.0251 e. The van der Waals surface area contributed by atoms with Gasteiger partial charge in [-0.3, -0.25) is 0 Å². The Balaban J connectivity index is 1.77. The van der Waals surface area contributed by atoms with Crippen LogP contribution in [0.3, 0.4) is 0 Å². The molecule has 3 aliphatic rings. The van der Waals surface area contributed by atoms with Gasteiger partial charge in [-0.2, -0.15) is 0 Å². The molecule has 0 bridgehead atoms. The lowest BCUT2D eigenvalue weighted by Gasteiger charge is -2.44. The lowest BCUT2D eigenvalue weighted by Crippen LogP contribution is -2.36. The zero-order valence-electron chi connectivity index (χ0n) is 17.7. The van der Waals surface area contributed by atoms with E-state index in [9.17, 15) is 0 Å². The van der Waals surface area contributed by atoms with Crippen molar-refractivity contribution >= 4 is 11.6 Å². The molecule has 0 radical (unpaired) electrons. The van der Waals surface area contributed by atoms with Gasteiger partial charge >= 0.3 is 0 Å². The molecule has 0 aromatic heterocycles. The molecule has 0 saturated heterocycles. The van der Waals surface area contributed by atoms with Crippen molar-refractivity contribution in [2.24, 2.45) is 35.0 Å². The quantitative estimate of drug-likeness (QED) is 0.347. The van der Waals surface area contributed by atoms with Gasteiger partial charge in [-0.15, -0.1) is 11.6 Å². The lowest BCUT2D eigenvalue weighted by molar-refractivity contribution is 0.105. The summed E-state index contributed by atoms with van der Waals surface area (Å²) >= 11 is 6.25. The van der Waals surface area contributed by atoms with Gasteiger partial charge in [0.2, 0.25) is 0 Å². The van der Waals surface area contributed by atoms with Gasteiger partial charge in [0.05, 0.1) is 0 Å². The first-order valence-electron chi connectivity index (χ1n) is 11.0. The molecular weight excluding hydrogens is 336 g/mol. The van der Waals surface area contributed by atoms with E-state index in [0.29, 0.717) is 23.2 Å². The largest absolute Gasteiger partial charge is 0.126 e. The van der Waals surface area contributed by atoms with Crippen LogP contribution in [0.25, 0.3) is 0 Å². The van der Waals surface area contributed by atoms with Gasteiger partial charge in [0, 0.05) is 5.88 Å². The van der Waals surface area contributed by atoms with Gasteiger partial charge in [-0.05, 0) is 86.9 Å². The number of fused-ring (bicyclic) bond motifs is 1. The molecule has 0 aliphatic heterocycles. The Morgan fingerprint density at radius 2 is 1.85 bits per heavy atom. The van der Waals surface area contributed by atoms with Crippen molar-refractivity contribution in [3.05, 3.63) is 34.9 Å². The van der Waals surface area contributed by atoms with Crippen molar-refractivity contribution in [1.82, 2.24) is 0 Å². The number of rotatable bonds is 3. The Morgan fingerprint density at radius 1 is 1.15 bits per heavy atom. The monoisotopic (exact) mass is 374 g/mol. The van der Waals surface area contributed by atoms with E-state index >= 15 is 0 Å². The molecule has 3 aliphatic carbocycles. The fraction of sp³-hybridized carbons (Fsp3) is 0.760. The molecule has 0 aromatic rings. The average molecular weight is 375 g/mol. The van der Waals surface area contributed by atoms with Crippen molar-refractivity contribution < 1.29 is 0 Å². The fourth-order valence-electron chi connectivity index (χ4n) is 6.84. The first kappa shape index (κ1) is 20.2. The number of alkyl halides is 1. The Bertz CT molecular complexity index is 579. The van der Waals surface area contributed by atoms with Crippen LogP contribution in [-0.2, 0) is 0 Å². The summed E-state index contributed by atoms with van der Waals surface area (Å²) in [5, 5.41) is 0. The standard InChI is InChI=1S/C25H39Cl/c1-6-22-17(2)14-20(15-18(22)3)9-10-21-8-7-13-25(5)23(19(4)16-26)11-12-24(21)25/h6,9-10,17-19,23-24H,7-8,11-16H2,1-5H3/b20-9?,21-10+,22-6?/t17-,18?,19?,23?,24+,25?/m1/s1. The second kappa shape index (κ2) is 8.26. The van der Waals surface area contributed by atoms with Gasteiger partial charge in [0.1, 0.15) is 0 Å². The molecule has 3 fully saturated rings. The molecule has 0 N–H and O–H groups in total. The van der Waals surface area contributed by atoms with Crippen LogP contribution < -0.4 is 0 Å². The molecule has 1 heteroatoms. The average Bonchev–Trinajstić information content (AvgIpc) is 2.96. The summed E-state index contributed by atoms with van der Waals surface area (Å²) in [6.07, 6.45) is 16.8. The summed E-state index contributed by atoms with van der Waals surface area (Å²) in [6.45, 7) is 12.0. The molecule has 0 nitrogen and oxygen atoms in total. The minimum Gasteiger partial charge on any atom is -0.126 e. The zero-order chi connectivity index (χ0) is 18.9. The highest BCUT2D eigenvalue weighted by atomic mass is 35.5. The third kappa shape index (κ3) is 3.73. The maximum Gasteiger partial charge on any atom is 0.0251 e. The molecule has 3 saturated carbocycles. The van der Waals surface area contributed by atoms with Crippen LogP contribution in [0.15, 0.2) is 34.9 Å². The highest BCUT2D eigenvalue weighted by Gasteiger charge is 2.50. The van der Waals surface area contributed by atoms with Crippen molar-refractivity contribution in [1.29, 1.82) is 0 Å². The van der Waals surface area contributed by atoms with E-state index in [1.165, 1.54) is 44.9 Å². The van der Waals surface area contributed by atoms with Gasteiger partial charge in [-0.1, -0.05) is 62.6 Å². The highest BCUT2D eigenvalue weighted by Crippen LogP contribution is 2.59. The second-order valence-electron chi connectivity index (χ2n) is 9.79. The van der Waals surface area contributed by atoms with Crippen LogP contribution in [-0.4, -0.2) is 5.88 Å². The first-order valence-corrected chi connectivity index (χ1v) is 11.5. The van der Waals surface area contributed by atoms with E-state index in [1.54, 1.807) is 16.7 Å². The van der Waals surface area contributed by atoms with Gasteiger partial charge < -0.3 is 0 Å². The Kier molecular flexibility index (Phi) is 6.43. The summed E-state index contributed by atoms with van der Waals surface area (Å²) in [7, 11) is 0. The van der Waals surface area contributed by atoms with E-state index in [0.717, 1.165) is 17.7 Å². The fourth-order valence-corrected chi connectivity index (χ4v) is 7.06. The third-order valence-electron chi connectivity index (χ3n) is 8.11. The molecule has 0 spiro atoms. The summed E-state index contributed by atoms with van der Waals surface area (Å²) < 4.78 is 0. The minimum absolute atomic E-state index is 0.488. The van der Waals surface area contributed by atoms with Gasteiger partial charge in [0.15, 0.2) is 0 Å². The molecule has 4 unspecified atom stereocenters. The van der Waals surface area contributed by atoms with Crippen molar-refractivity contribution in [2.75, 3.05) is 5.88 Å². The maximum atomic E-state index is 6.25. The molecule has 26 heavy (non-hydrogen) atoms. The number of allylic oxidation sites excluding steroid dienone is 6. The predicted octanol–water partition coefficient (Wildman–Crippen LogP) is 7.94. The Labute approximate surface area is 167 Å². The van der Waals surface area contributed by atoms with E-state index in [1.807, 2.05) is 0 Å². The third-order valence-corrected chi connectivity index (χ3v) is 8.60. The summed E-state index contributed by atoms with van der Waals surface area (Å²) in [4.78, 5) is 0.